The van der Waals surface area contributed by atoms with Crippen LogP contribution >= 0.6 is 0 Å². The number of halogens is 3. The second-order valence-corrected chi connectivity index (χ2v) is 5.27. The molecule has 108 valence electrons. The number of hydrogen-bond donors (Lipinski definition) is 1. The van der Waals surface area contributed by atoms with Crippen LogP contribution in [0.1, 0.15) is 52.4 Å². The Labute approximate surface area is 107 Å². The summed E-state index contributed by atoms with van der Waals surface area (Å²) in [7, 11) is 0. The molecule has 1 aliphatic rings. The molecule has 0 spiro atoms. The van der Waals surface area contributed by atoms with Crippen LogP contribution in [0.4, 0.5) is 13.2 Å². The lowest BCUT2D eigenvalue weighted by Crippen LogP contribution is -2.42. The summed E-state index contributed by atoms with van der Waals surface area (Å²) >= 11 is 0. The molecule has 3 unspecified atom stereocenters. The molecule has 0 aromatic heterocycles. The van der Waals surface area contributed by atoms with Gasteiger partial charge in [-0.25, -0.2) is 0 Å². The molecule has 1 fully saturated rings. The van der Waals surface area contributed by atoms with E-state index in [0.717, 1.165) is 32.1 Å². The maximum Gasteiger partial charge on any atom is 0.411 e. The van der Waals surface area contributed by atoms with Crippen molar-refractivity contribution in [2.45, 2.75) is 76.7 Å². The van der Waals surface area contributed by atoms with Gasteiger partial charge < -0.3 is 10.1 Å². The summed E-state index contributed by atoms with van der Waals surface area (Å²) in [5.74, 6) is 0. The minimum atomic E-state index is -4.21. The number of nitrogens with one attached hydrogen (secondary N) is 1. The number of ether oxygens (including phenoxy) is 1. The Morgan fingerprint density at radius 2 is 2.06 bits per heavy atom. The normalized spacial score (nSPS) is 27.2. The van der Waals surface area contributed by atoms with Crippen LogP contribution in [-0.4, -0.2) is 31.0 Å². The second kappa shape index (κ2) is 7.34. The van der Waals surface area contributed by atoms with Gasteiger partial charge in [0.15, 0.2) is 0 Å². The fourth-order valence-electron chi connectivity index (χ4n) is 2.58. The van der Waals surface area contributed by atoms with E-state index in [1.165, 1.54) is 0 Å². The Morgan fingerprint density at radius 1 is 1.33 bits per heavy atom. The van der Waals surface area contributed by atoms with E-state index in [-0.39, 0.29) is 6.10 Å². The summed E-state index contributed by atoms with van der Waals surface area (Å²) in [6.45, 7) is 3.15. The molecule has 3 atom stereocenters. The Morgan fingerprint density at radius 3 is 2.67 bits per heavy atom. The van der Waals surface area contributed by atoms with Gasteiger partial charge in [-0.3, -0.25) is 0 Å². The van der Waals surface area contributed by atoms with Crippen LogP contribution in [0.3, 0.4) is 0 Å². The van der Waals surface area contributed by atoms with Crippen molar-refractivity contribution in [1.82, 2.24) is 5.32 Å². The smallest absolute Gasteiger partial charge is 0.369 e. The standard InChI is InChI=1S/C13H24F3NO/c1-3-5-10(2)17-11-6-4-7-12(8-11)18-9-13(14,15)16/h10-12,17H,3-9H2,1-2H3. The first-order valence-corrected chi connectivity index (χ1v) is 6.85. The minimum absolute atomic E-state index is 0.244. The summed E-state index contributed by atoms with van der Waals surface area (Å²) in [6, 6.07) is 0.736. The number of rotatable bonds is 6. The van der Waals surface area contributed by atoms with Gasteiger partial charge in [-0.05, 0) is 39.0 Å². The molecule has 0 amide bonds. The van der Waals surface area contributed by atoms with Crippen molar-refractivity contribution in [3.05, 3.63) is 0 Å². The van der Waals surface area contributed by atoms with Crippen molar-refractivity contribution in [2.24, 2.45) is 0 Å². The van der Waals surface area contributed by atoms with E-state index in [2.05, 4.69) is 19.2 Å². The summed E-state index contributed by atoms with van der Waals surface area (Å²) < 4.78 is 41.2. The molecule has 0 aliphatic heterocycles. The molecule has 0 saturated heterocycles. The fourth-order valence-corrected chi connectivity index (χ4v) is 2.58. The van der Waals surface area contributed by atoms with E-state index in [9.17, 15) is 13.2 Å². The first-order valence-electron chi connectivity index (χ1n) is 6.85. The largest absolute Gasteiger partial charge is 0.411 e. The van der Waals surface area contributed by atoms with Crippen LogP contribution in [-0.2, 0) is 4.74 Å². The second-order valence-electron chi connectivity index (χ2n) is 5.27. The number of alkyl halides is 3. The van der Waals surface area contributed by atoms with E-state index < -0.39 is 12.8 Å². The average molecular weight is 267 g/mol. The van der Waals surface area contributed by atoms with E-state index in [0.29, 0.717) is 18.5 Å². The molecule has 0 heterocycles. The lowest BCUT2D eigenvalue weighted by Gasteiger charge is -2.32. The molecule has 1 rings (SSSR count). The predicted molar refractivity (Wildman–Crippen MR) is 65.6 cm³/mol. The van der Waals surface area contributed by atoms with Crippen molar-refractivity contribution in [1.29, 1.82) is 0 Å². The van der Waals surface area contributed by atoms with Gasteiger partial charge in [0.25, 0.3) is 0 Å². The molecule has 0 aromatic rings. The molecule has 0 bridgehead atoms. The molecule has 18 heavy (non-hydrogen) atoms. The van der Waals surface area contributed by atoms with Crippen LogP contribution in [0.25, 0.3) is 0 Å². The Bertz CT molecular complexity index is 233. The maximum atomic E-state index is 12.1. The zero-order chi connectivity index (χ0) is 13.6. The fraction of sp³-hybridized carbons (Fsp3) is 1.00. The van der Waals surface area contributed by atoms with Crippen LogP contribution in [0.15, 0.2) is 0 Å². The zero-order valence-corrected chi connectivity index (χ0v) is 11.2. The van der Waals surface area contributed by atoms with E-state index in [1.807, 2.05) is 0 Å². The third-order valence-corrected chi connectivity index (χ3v) is 3.35. The summed E-state index contributed by atoms with van der Waals surface area (Å²) in [5.41, 5.74) is 0. The summed E-state index contributed by atoms with van der Waals surface area (Å²) in [6.07, 6.45) is 1.20. The molecular weight excluding hydrogens is 243 g/mol. The van der Waals surface area contributed by atoms with E-state index in [4.69, 9.17) is 4.74 Å². The third-order valence-electron chi connectivity index (χ3n) is 3.35. The van der Waals surface area contributed by atoms with Crippen LogP contribution in [0.2, 0.25) is 0 Å². The SMILES string of the molecule is CCCC(C)NC1CCCC(OCC(F)(F)F)C1. The maximum absolute atomic E-state index is 12.1. The van der Waals surface area contributed by atoms with Crippen LogP contribution < -0.4 is 5.32 Å². The molecule has 5 heteroatoms. The molecule has 0 radical (unpaired) electrons. The first-order chi connectivity index (χ1) is 8.40. The Hall–Kier alpha value is -0.290. The van der Waals surface area contributed by atoms with Crippen molar-refractivity contribution in [3.63, 3.8) is 0 Å². The highest BCUT2D eigenvalue weighted by Crippen LogP contribution is 2.24. The van der Waals surface area contributed by atoms with Gasteiger partial charge in [0.05, 0.1) is 6.10 Å². The van der Waals surface area contributed by atoms with Crippen molar-refractivity contribution < 1.29 is 17.9 Å². The third kappa shape index (κ3) is 6.59. The van der Waals surface area contributed by atoms with Gasteiger partial charge >= 0.3 is 6.18 Å². The van der Waals surface area contributed by atoms with Gasteiger partial charge in [-0.1, -0.05) is 13.3 Å². The first kappa shape index (κ1) is 15.8. The van der Waals surface area contributed by atoms with E-state index >= 15 is 0 Å². The molecular formula is C13H24F3NO. The predicted octanol–water partition coefficient (Wildman–Crippen LogP) is 3.65. The van der Waals surface area contributed by atoms with Crippen LogP contribution in [0, 0.1) is 0 Å². The Kier molecular flexibility index (Phi) is 6.43. The molecule has 1 N–H and O–H groups in total. The molecule has 1 saturated carbocycles. The van der Waals surface area contributed by atoms with Crippen molar-refractivity contribution >= 4 is 0 Å². The molecule has 0 aromatic carbocycles. The minimum Gasteiger partial charge on any atom is -0.369 e. The topological polar surface area (TPSA) is 21.3 Å². The lowest BCUT2D eigenvalue weighted by molar-refractivity contribution is -0.188. The van der Waals surface area contributed by atoms with Gasteiger partial charge in [-0.2, -0.15) is 13.2 Å². The quantitative estimate of drug-likeness (QED) is 0.793. The average Bonchev–Trinajstić information content (AvgIpc) is 2.26. The van der Waals surface area contributed by atoms with Gasteiger partial charge in [0, 0.05) is 12.1 Å². The van der Waals surface area contributed by atoms with E-state index in [1.54, 1.807) is 0 Å². The van der Waals surface area contributed by atoms with Gasteiger partial charge in [0.2, 0.25) is 0 Å². The highest BCUT2D eigenvalue weighted by molar-refractivity contribution is 4.80. The zero-order valence-electron chi connectivity index (χ0n) is 11.2. The summed E-state index contributed by atoms with van der Waals surface area (Å²) in [4.78, 5) is 0. The summed E-state index contributed by atoms with van der Waals surface area (Å²) in [5, 5.41) is 3.49. The van der Waals surface area contributed by atoms with Crippen LogP contribution in [0.5, 0.6) is 0 Å². The molecule has 2 nitrogen and oxygen atoms in total. The van der Waals surface area contributed by atoms with Crippen molar-refractivity contribution in [2.75, 3.05) is 6.61 Å². The highest BCUT2D eigenvalue weighted by atomic mass is 19.4. The Balaban J connectivity index is 2.27. The van der Waals surface area contributed by atoms with Crippen molar-refractivity contribution in [3.8, 4) is 0 Å². The molecule has 1 aliphatic carbocycles. The number of hydrogen-bond acceptors (Lipinski definition) is 2. The highest BCUT2D eigenvalue weighted by Gasteiger charge is 2.31. The van der Waals surface area contributed by atoms with Gasteiger partial charge in [-0.15, -0.1) is 0 Å². The van der Waals surface area contributed by atoms with Gasteiger partial charge in [0.1, 0.15) is 6.61 Å². The lowest BCUT2D eigenvalue weighted by atomic mass is 9.92. The monoisotopic (exact) mass is 267 g/mol.